The van der Waals surface area contributed by atoms with Crippen molar-refractivity contribution in [3.63, 3.8) is 0 Å². The van der Waals surface area contributed by atoms with Crippen molar-refractivity contribution >= 4 is 28.3 Å². The van der Waals surface area contributed by atoms with Gasteiger partial charge in [0, 0.05) is 10.0 Å². The number of rotatable bonds is 1. The molecule has 2 rings (SSSR count). The predicted molar refractivity (Wildman–Crippen MR) is 61.4 cm³/mol. The highest BCUT2D eigenvalue weighted by molar-refractivity contribution is 9.10. The van der Waals surface area contributed by atoms with Crippen LogP contribution in [0.4, 0.5) is 0 Å². The number of halogens is 1. The van der Waals surface area contributed by atoms with Crippen LogP contribution in [0.5, 0.6) is 5.75 Å². The van der Waals surface area contributed by atoms with Crippen LogP contribution in [0, 0.1) is 0 Å². The lowest BCUT2D eigenvalue weighted by Gasteiger charge is -2.08. The third kappa shape index (κ3) is 2.11. The Bertz CT molecular complexity index is 444. The number of hydrogen-bond donors (Lipinski definition) is 3. The summed E-state index contributed by atoms with van der Waals surface area (Å²) in [4.78, 5) is 0. The Kier molecular flexibility index (Phi) is 2.61. The minimum atomic E-state index is 0.188. The van der Waals surface area contributed by atoms with Crippen molar-refractivity contribution < 1.29 is 5.11 Å². The third-order valence-electron chi connectivity index (χ3n) is 1.92. The van der Waals surface area contributed by atoms with Crippen molar-refractivity contribution in [3.05, 3.63) is 34.1 Å². The zero-order chi connectivity index (χ0) is 10.8. The lowest BCUT2D eigenvalue weighted by Crippen LogP contribution is -2.27. The summed E-state index contributed by atoms with van der Waals surface area (Å²) >= 11 is 3.32. The topological polar surface area (TPSA) is 73.9 Å². The van der Waals surface area contributed by atoms with Gasteiger partial charge in [-0.1, -0.05) is 15.9 Å². The van der Waals surface area contributed by atoms with Gasteiger partial charge in [-0.2, -0.15) is 5.10 Å². The Morgan fingerprint density at radius 1 is 1.53 bits per heavy atom. The van der Waals surface area contributed by atoms with Crippen LogP contribution in [0.1, 0.15) is 5.56 Å². The van der Waals surface area contributed by atoms with Crippen LogP contribution in [0.15, 0.2) is 33.6 Å². The molecule has 0 fully saturated rings. The molecule has 0 aromatic heterocycles. The molecule has 0 amide bonds. The summed E-state index contributed by atoms with van der Waals surface area (Å²) in [5.41, 5.74) is 3.37. The van der Waals surface area contributed by atoms with E-state index >= 15 is 0 Å². The lowest BCUT2D eigenvalue weighted by molar-refractivity contribution is 0.473. The Labute approximate surface area is 95.0 Å². The van der Waals surface area contributed by atoms with E-state index in [9.17, 15) is 5.11 Å². The van der Waals surface area contributed by atoms with E-state index in [0.717, 1.165) is 4.47 Å². The summed E-state index contributed by atoms with van der Waals surface area (Å²) in [6.07, 6.45) is 3.15. The van der Waals surface area contributed by atoms with Gasteiger partial charge in [0.25, 0.3) is 0 Å². The van der Waals surface area contributed by atoms with Crippen molar-refractivity contribution in [3.8, 4) is 5.75 Å². The molecular formula is C9H9BrN4O. The van der Waals surface area contributed by atoms with E-state index in [1.54, 1.807) is 24.3 Å². The van der Waals surface area contributed by atoms with Gasteiger partial charge in [-0.3, -0.25) is 5.43 Å². The number of phenolic OH excluding ortho intramolecular Hbond substituents is 1. The van der Waals surface area contributed by atoms with Crippen molar-refractivity contribution in [2.75, 3.05) is 0 Å². The smallest absolute Gasteiger partial charge is 0.143 e. The van der Waals surface area contributed by atoms with E-state index < -0.39 is 0 Å². The van der Waals surface area contributed by atoms with E-state index in [1.165, 1.54) is 11.3 Å². The molecule has 0 unspecified atom stereocenters. The van der Waals surface area contributed by atoms with Gasteiger partial charge in [0.1, 0.15) is 17.9 Å². The molecular weight excluding hydrogens is 260 g/mol. The molecule has 1 aliphatic rings. The van der Waals surface area contributed by atoms with Gasteiger partial charge in [0.15, 0.2) is 0 Å². The van der Waals surface area contributed by atoms with E-state index in [0.29, 0.717) is 11.4 Å². The first-order valence-electron chi connectivity index (χ1n) is 4.20. The molecule has 0 saturated heterocycles. The average Bonchev–Trinajstić information content (AvgIpc) is 2.58. The van der Waals surface area contributed by atoms with Crippen molar-refractivity contribution in [1.29, 1.82) is 0 Å². The molecule has 4 N–H and O–H groups in total. The number of nitrogens with zero attached hydrogens (tertiary/aromatic N) is 2. The second-order valence-electron chi connectivity index (χ2n) is 3.00. The van der Waals surface area contributed by atoms with Gasteiger partial charge in [0.2, 0.25) is 0 Å². The number of aromatic hydroxyl groups is 1. The Morgan fingerprint density at radius 2 is 2.33 bits per heavy atom. The van der Waals surface area contributed by atoms with Crippen LogP contribution in [0.2, 0.25) is 0 Å². The highest BCUT2D eigenvalue weighted by Gasteiger charge is 2.09. The number of hydrazine groups is 1. The van der Waals surface area contributed by atoms with Gasteiger partial charge >= 0.3 is 0 Å². The molecule has 1 heterocycles. The molecule has 15 heavy (non-hydrogen) atoms. The van der Waals surface area contributed by atoms with Crippen LogP contribution >= 0.6 is 15.9 Å². The maximum atomic E-state index is 9.59. The van der Waals surface area contributed by atoms with Crippen LogP contribution < -0.4 is 11.3 Å². The maximum Gasteiger partial charge on any atom is 0.143 e. The summed E-state index contributed by atoms with van der Waals surface area (Å²) in [6, 6.07) is 5.15. The largest absolute Gasteiger partial charge is 0.507 e. The Balaban J connectivity index is 2.34. The number of hydrazone groups is 1. The van der Waals surface area contributed by atoms with Gasteiger partial charge in [0.05, 0.1) is 0 Å². The number of benzene rings is 1. The highest BCUT2D eigenvalue weighted by atomic mass is 79.9. The molecule has 0 radical (unpaired) electrons. The van der Waals surface area contributed by atoms with Crippen LogP contribution in [-0.2, 0) is 0 Å². The third-order valence-corrected chi connectivity index (χ3v) is 2.41. The number of hydrogen-bond acceptors (Lipinski definition) is 5. The first-order valence-corrected chi connectivity index (χ1v) is 4.99. The maximum absolute atomic E-state index is 9.59. The Hall–Kier alpha value is -1.53. The number of phenols is 1. The lowest BCUT2D eigenvalue weighted by atomic mass is 10.2. The molecule has 5 nitrogen and oxygen atoms in total. The highest BCUT2D eigenvalue weighted by Crippen LogP contribution is 2.24. The minimum absolute atomic E-state index is 0.188. The van der Waals surface area contributed by atoms with Crippen LogP contribution in [-0.4, -0.2) is 16.5 Å². The first-order chi connectivity index (χ1) is 7.16. The van der Waals surface area contributed by atoms with Crippen LogP contribution in [0.3, 0.4) is 0 Å². The number of nitrogens with two attached hydrogens (primary N) is 1. The summed E-state index contributed by atoms with van der Waals surface area (Å²) in [5.74, 6) is 6.36. The SMILES string of the molecule is NN1C=NNC1=Cc1cc(Br)ccc1O. The molecule has 0 spiro atoms. The van der Waals surface area contributed by atoms with Gasteiger partial charge in [-0.15, -0.1) is 0 Å². The van der Waals surface area contributed by atoms with Gasteiger partial charge in [-0.25, -0.2) is 10.9 Å². The molecule has 0 saturated carbocycles. The van der Waals surface area contributed by atoms with Crippen molar-refractivity contribution in [2.45, 2.75) is 0 Å². The summed E-state index contributed by atoms with van der Waals surface area (Å²) in [7, 11) is 0. The number of nitrogens with one attached hydrogen (secondary N) is 1. The zero-order valence-electron chi connectivity index (χ0n) is 7.68. The van der Waals surface area contributed by atoms with Gasteiger partial charge < -0.3 is 5.11 Å². The molecule has 0 atom stereocenters. The zero-order valence-corrected chi connectivity index (χ0v) is 9.27. The molecule has 0 aliphatic carbocycles. The fourth-order valence-electron chi connectivity index (χ4n) is 1.17. The monoisotopic (exact) mass is 268 g/mol. The minimum Gasteiger partial charge on any atom is -0.507 e. The predicted octanol–water partition coefficient (Wildman–Crippen LogP) is 1.18. The average molecular weight is 269 g/mol. The summed E-state index contributed by atoms with van der Waals surface area (Å²) < 4.78 is 0.884. The van der Waals surface area contributed by atoms with Crippen molar-refractivity contribution in [2.24, 2.45) is 10.9 Å². The fourth-order valence-corrected chi connectivity index (χ4v) is 1.55. The molecule has 1 aromatic carbocycles. The second-order valence-corrected chi connectivity index (χ2v) is 3.91. The first kappa shape index (κ1) is 10.0. The molecule has 78 valence electrons. The molecule has 1 aromatic rings. The van der Waals surface area contributed by atoms with Crippen molar-refractivity contribution in [1.82, 2.24) is 10.4 Å². The van der Waals surface area contributed by atoms with E-state index in [4.69, 9.17) is 5.84 Å². The fraction of sp³-hybridized carbons (Fsp3) is 0. The Morgan fingerprint density at radius 3 is 3.00 bits per heavy atom. The summed E-state index contributed by atoms with van der Waals surface area (Å²) in [6.45, 7) is 0. The molecule has 1 aliphatic heterocycles. The van der Waals surface area contributed by atoms with E-state index in [1.807, 2.05) is 0 Å². The van der Waals surface area contributed by atoms with E-state index in [2.05, 4.69) is 26.5 Å². The van der Waals surface area contributed by atoms with Crippen LogP contribution in [0.25, 0.3) is 6.08 Å². The standard InChI is InChI=1S/C9H9BrN4O/c10-7-1-2-8(15)6(3-7)4-9-13-12-5-14(9)11/h1-5,13,15H,11H2. The second kappa shape index (κ2) is 3.92. The molecule has 0 bridgehead atoms. The van der Waals surface area contributed by atoms with E-state index in [-0.39, 0.29) is 5.75 Å². The normalized spacial score (nSPS) is 17.2. The summed E-state index contributed by atoms with van der Waals surface area (Å²) in [5, 5.41) is 14.7. The quantitative estimate of drug-likeness (QED) is 0.669. The molecule has 6 heteroatoms. The van der Waals surface area contributed by atoms with Gasteiger partial charge in [-0.05, 0) is 24.3 Å².